The maximum atomic E-state index is 11.5. The topological polar surface area (TPSA) is 101 Å². The summed E-state index contributed by atoms with van der Waals surface area (Å²) in [5.74, 6) is -0.132. The minimum atomic E-state index is -3.20. The zero-order chi connectivity index (χ0) is 12.8. The van der Waals surface area contributed by atoms with E-state index >= 15 is 0 Å². The van der Waals surface area contributed by atoms with Gasteiger partial charge in [-0.05, 0) is 5.92 Å². The van der Waals surface area contributed by atoms with Gasteiger partial charge in [-0.3, -0.25) is 4.79 Å². The summed E-state index contributed by atoms with van der Waals surface area (Å²) in [4.78, 5) is 11.5. The molecule has 0 aliphatic heterocycles. The van der Waals surface area contributed by atoms with E-state index < -0.39 is 16.1 Å². The van der Waals surface area contributed by atoms with Crippen molar-refractivity contribution in [2.24, 2.45) is 11.7 Å². The molecule has 8 heteroatoms. The third kappa shape index (κ3) is 9.34. The van der Waals surface area contributed by atoms with Crippen molar-refractivity contribution < 1.29 is 13.2 Å². The highest BCUT2D eigenvalue weighted by molar-refractivity contribution is 7.88. The number of rotatable bonds is 7. The number of carbonyl (C=O) groups excluding carboxylic acids is 1. The first kappa shape index (κ1) is 19.0. The summed E-state index contributed by atoms with van der Waals surface area (Å²) >= 11 is 0. The summed E-state index contributed by atoms with van der Waals surface area (Å²) in [6.07, 6.45) is 1.90. The van der Waals surface area contributed by atoms with Gasteiger partial charge in [-0.2, -0.15) is 0 Å². The summed E-state index contributed by atoms with van der Waals surface area (Å²) < 4.78 is 23.7. The number of hydrogen-bond acceptors (Lipinski definition) is 4. The first-order valence-electron chi connectivity index (χ1n) is 5.25. The molecule has 0 heterocycles. The van der Waals surface area contributed by atoms with E-state index in [1.807, 2.05) is 13.8 Å². The van der Waals surface area contributed by atoms with Crippen LogP contribution in [0.1, 0.15) is 20.3 Å². The lowest BCUT2D eigenvalue weighted by molar-refractivity contribution is -0.123. The van der Waals surface area contributed by atoms with Crippen LogP contribution in [0, 0.1) is 5.92 Å². The zero-order valence-electron chi connectivity index (χ0n) is 10.4. The molecule has 0 spiro atoms. The summed E-state index contributed by atoms with van der Waals surface area (Å²) in [5.41, 5.74) is 5.69. The van der Waals surface area contributed by atoms with Gasteiger partial charge in [0, 0.05) is 13.1 Å². The normalized spacial score (nSPS) is 14.6. The van der Waals surface area contributed by atoms with Gasteiger partial charge in [0.05, 0.1) is 12.3 Å². The molecule has 0 saturated heterocycles. The lowest BCUT2D eigenvalue weighted by atomic mass is 9.99. The lowest BCUT2D eigenvalue weighted by Crippen LogP contribution is -2.46. The second-order valence-corrected chi connectivity index (χ2v) is 5.70. The number of sulfonamides is 1. The van der Waals surface area contributed by atoms with Gasteiger partial charge in [-0.25, -0.2) is 13.1 Å². The monoisotopic (exact) mass is 287 g/mol. The Morgan fingerprint density at radius 2 is 1.88 bits per heavy atom. The van der Waals surface area contributed by atoms with Crippen molar-refractivity contribution in [1.29, 1.82) is 0 Å². The van der Waals surface area contributed by atoms with Crippen molar-refractivity contribution in [2.75, 3.05) is 19.3 Å². The molecule has 0 fully saturated rings. The molecule has 0 saturated carbocycles. The molecule has 0 bridgehead atoms. The third-order valence-corrected chi connectivity index (χ3v) is 3.08. The number of nitrogens with one attached hydrogen (secondary N) is 2. The minimum absolute atomic E-state index is 0. The Morgan fingerprint density at radius 3 is 2.29 bits per heavy atom. The minimum Gasteiger partial charge on any atom is -0.353 e. The molecule has 17 heavy (non-hydrogen) atoms. The zero-order valence-corrected chi connectivity index (χ0v) is 12.0. The number of amides is 1. The van der Waals surface area contributed by atoms with Crippen LogP contribution in [0.5, 0.6) is 0 Å². The predicted octanol–water partition coefficient (Wildman–Crippen LogP) is -0.553. The largest absolute Gasteiger partial charge is 0.353 e. The van der Waals surface area contributed by atoms with Gasteiger partial charge in [0.1, 0.15) is 0 Å². The molecule has 104 valence electrons. The van der Waals surface area contributed by atoms with Gasteiger partial charge in [-0.1, -0.05) is 20.3 Å². The van der Waals surface area contributed by atoms with Crippen LogP contribution in [0.2, 0.25) is 0 Å². The van der Waals surface area contributed by atoms with Gasteiger partial charge in [-0.15, -0.1) is 12.4 Å². The van der Waals surface area contributed by atoms with Gasteiger partial charge in [0.2, 0.25) is 15.9 Å². The molecule has 0 radical (unpaired) electrons. The van der Waals surface area contributed by atoms with Crippen LogP contribution in [-0.4, -0.2) is 39.7 Å². The number of nitrogens with two attached hydrogens (primary N) is 1. The average Bonchev–Trinajstić information content (AvgIpc) is 2.20. The Hall–Kier alpha value is -0.370. The highest BCUT2D eigenvalue weighted by Crippen LogP contribution is 2.04. The molecule has 2 unspecified atom stereocenters. The van der Waals surface area contributed by atoms with Crippen LogP contribution in [0.15, 0.2) is 0 Å². The summed E-state index contributed by atoms with van der Waals surface area (Å²) in [6.45, 7) is 4.29. The average molecular weight is 288 g/mol. The molecule has 4 N–H and O–H groups in total. The Bertz CT molecular complexity index is 321. The van der Waals surface area contributed by atoms with Gasteiger partial charge in [0.15, 0.2) is 0 Å². The highest BCUT2D eigenvalue weighted by Gasteiger charge is 2.18. The van der Waals surface area contributed by atoms with E-state index in [2.05, 4.69) is 10.0 Å². The van der Waals surface area contributed by atoms with Crippen LogP contribution in [0.25, 0.3) is 0 Å². The summed E-state index contributed by atoms with van der Waals surface area (Å²) in [6, 6.07) is -0.539. The second kappa shape index (κ2) is 8.68. The first-order chi connectivity index (χ1) is 7.28. The van der Waals surface area contributed by atoms with Crippen LogP contribution in [0.3, 0.4) is 0 Å². The van der Waals surface area contributed by atoms with Crippen molar-refractivity contribution in [2.45, 2.75) is 26.3 Å². The molecule has 0 aliphatic carbocycles. The van der Waals surface area contributed by atoms with E-state index in [0.717, 1.165) is 12.7 Å². The number of halogens is 1. The van der Waals surface area contributed by atoms with Crippen molar-refractivity contribution in [3.8, 4) is 0 Å². The van der Waals surface area contributed by atoms with Crippen LogP contribution >= 0.6 is 12.4 Å². The Balaban J connectivity index is 0. The molecule has 0 aliphatic rings. The van der Waals surface area contributed by atoms with Gasteiger partial charge in [0.25, 0.3) is 0 Å². The maximum absolute atomic E-state index is 11.5. The number of carbonyl (C=O) groups is 1. The maximum Gasteiger partial charge on any atom is 0.237 e. The summed E-state index contributed by atoms with van der Waals surface area (Å²) in [5, 5.41) is 2.58. The van der Waals surface area contributed by atoms with Crippen LogP contribution in [-0.2, 0) is 14.8 Å². The molecule has 0 rings (SSSR count). The molecule has 1 amide bonds. The lowest BCUT2D eigenvalue weighted by Gasteiger charge is -2.17. The van der Waals surface area contributed by atoms with E-state index in [-0.39, 0.29) is 37.3 Å². The number of hydrogen-bond donors (Lipinski definition) is 3. The molecule has 0 aromatic rings. The van der Waals surface area contributed by atoms with E-state index in [4.69, 9.17) is 5.73 Å². The predicted molar refractivity (Wildman–Crippen MR) is 70.5 cm³/mol. The van der Waals surface area contributed by atoms with Gasteiger partial charge < -0.3 is 11.1 Å². The fourth-order valence-electron chi connectivity index (χ4n) is 1.05. The molecule has 0 aromatic heterocycles. The van der Waals surface area contributed by atoms with Crippen molar-refractivity contribution in [3.05, 3.63) is 0 Å². The van der Waals surface area contributed by atoms with Crippen LogP contribution < -0.4 is 15.8 Å². The molecular weight excluding hydrogens is 266 g/mol. The van der Waals surface area contributed by atoms with E-state index in [9.17, 15) is 13.2 Å². The fraction of sp³-hybridized carbons (Fsp3) is 0.889. The third-order valence-electron chi connectivity index (χ3n) is 2.35. The molecule has 6 nitrogen and oxygen atoms in total. The Labute approximate surface area is 109 Å². The molecular formula is C9H22ClN3O3S. The van der Waals surface area contributed by atoms with Crippen LogP contribution in [0.4, 0.5) is 0 Å². The van der Waals surface area contributed by atoms with Crippen molar-refractivity contribution >= 4 is 28.3 Å². The SMILES string of the molecule is CCC(C)C(N)C(=O)NCCNS(C)(=O)=O.Cl. The quantitative estimate of drug-likeness (QED) is 0.547. The van der Waals surface area contributed by atoms with E-state index in [1.54, 1.807) is 0 Å². The smallest absolute Gasteiger partial charge is 0.237 e. The Kier molecular flexibility index (Phi) is 9.69. The highest BCUT2D eigenvalue weighted by atomic mass is 35.5. The second-order valence-electron chi connectivity index (χ2n) is 3.87. The fourth-order valence-corrected chi connectivity index (χ4v) is 1.53. The molecule has 0 aromatic carbocycles. The van der Waals surface area contributed by atoms with Crippen molar-refractivity contribution in [1.82, 2.24) is 10.0 Å². The van der Waals surface area contributed by atoms with Gasteiger partial charge >= 0.3 is 0 Å². The van der Waals surface area contributed by atoms with Crippen molar-refractivity contribution in [3.63, 3.8) is 0 Å². The molecule has 2 atom stereocenters. The standard InChI is InChI=1S/C9H21N3O3S.ClH/c1-4-7(2)8(10)9(13)11-5-6-12-16(3,14)15;/h7-8,12H,4-6,10H2,1-3H3,(H,11,13);1H. The Morgan fingerprint density at radius 1 is 1.35 bits per heavy atom. The van der Waals surface area contributed by atoms with E-state index in [0.29, 0.717) is 0 Å². The first-order valence-corrected chi connectivity index (χ1v) is 7.15. The van der Waals surface area contributed by atoms with E-state index in [1.165, 1.54) is 0 Å². The summed E-state index contributed by atoms with van der Waals surface area (Å²) in [7, 11) is -3.20.